The molecule has 0 saturated carbocycles. The number of hydrogen-bond acceptors (Lipinski definition) is 4. The van der Waals surface area contributed by atoms with Gasteiger partial charge in [-0.1, -0.05) is 6.07 Å². The number of nitrogen functional groups attached to an aromatic ring is 1. The zero-order valence-corrected chi connectivity index (χ0v) is 11.7. The summed E-state index contributed by atoms with van der Waals surface area (Å²) in [7, 11) is 0. The van der Waals surface area contributed by atoms with Gasteiger partial charge in [-0.05, 0) is 18.6 Å². The van der Waals surface area contributed by atoms with Crippen molar-refractivity contribution in [3.63, 3.8) is 0 Å². The highest BCUT2D eigenvalue weighted by atomic mass is 19.1. The number of hydrogen-bond donors (Lipinski definition) is 1. The number of halogens is 1. The van der Waals surface area contributed by atoms with Gasteiger partial charge in [-0.25, -0.2) is 4.39 Å². The lowest BCUT2D eigenvalue weighted by molar-refractivity contribution is 0.0183. The van der Waals surface area contributed by atoms with Crippen LogP contribution in [0.1, 0.15) is 12.0 Å². The molecule has 0 radical (unpaired) electrons. The highest BCUT2D eigenvalue weighted by Gasteiger charge is 2.28. The van der Waals surface area contributed by atoms with Gasteiger partial charge in [0.1, 0.15) is 5.82 Å². The highest BCUT2D eigenvalue weighted by Crippen LogP contribution is 2.21. The zero-order chi connectivity index (χ0) is 13.9. The number of likely N-dealkylation sites (tertiary alicyclic amines) is 1. The molecule has 2 N–H and O–H groups in total. The van der Waals surface area contributed by atoms with E-state index in [1.54, 1.807) is 12.1 Å². The van der Waals surface area contributed by atoms with Crippen molar-refractivity contribution in [1.82, 2.24) is 9.80 Å². The summed E-state index contributed by atoms with van der Waals surface area (Å²) in [5, 5.41) is 0. The lowest BCUT2D eigenvalue weighted by atomic mass is 10.2. The molecule has 3 rings (SSSR count). The van der Waals surface area contributed by atoms with Crippen LogP contribution in [0.15, 0.2) is 18.2 Å². The van der Waals surface area contributed by atoms with Gasteiger partial charge in [-0.15, -0.1) is 0 Å². The third kappa shape index (κ3) is 3.11. The molecule has 2 saturated heterocycles. The molecule has 1 aromatic carbocycles. The summed E-state index contributed by atoms with van der Waals surface area (Å²) in [6.45, 7) is 6.44. The van der Waals surface area contributed by atoms with Gasteiger partial charge in [0.25, 0.3) is 0 Å². The first-order valence-corrected chi connectivity index (χ1v) is 7.30. The van der Waals surface area contributed by atoms with Crippen molar-refractivity contribution in [3.05, 3.63) is 29.6 Å². The number of benzene rings is 1. The van der Waals surface area contributed by atoms with E-state index in [0.717, 1.165) is 51.4 Å². The van der Waals surface area contributed by atoms with E-state index in [2.05, 4.69) is 9.80 Å². The zero-order valence-electron chi connectivity index (χ0n) is 11.7. The van der Waals surface area contributed by atoms with Gasteiger partial charge >= 0.3 is 0 Å². The molecule has 5 heteroatoms. The molecule has 2 fully saturated rings. The van der Waals surface area contributed by atoms with Crippen molar-refractivity contribution < 1.29 is 9.13 Å². The van der Waals surface area contributed by atoms with Crippen molar-refractivity contribution in [3.8, 4) is 0 Å². The third-order valence-electron chi connectivity index (χ3n) is 4.28. The largest absolute Gasteiger partial charge is 0.399 e. The van der Waals surface area contributed by atoms with Crippen LogP contribution >= 0.6 is 0 Å². The van der Waals surface area contributed by atoms with Crippen molar-refractivity contribution in [1.29, 1.82) is 0 Å². The SMILES string of the molecule is Nc1ccc(CN2CCC(N3CCOCC3)C2)c(F)c1. The fourth-order valence-electron chi connectivity index (χ4n) is 3.13. The minimum atomic E-state index is -0.195. The Bertz CT molecular complexity index is 462. The molecule has 1 unspecified atom stereocenters. The Morgan fingerprint density at radius 1 is 1.25 bits per heavy atom. The Morgan fingerprint density at radius 3 is 2.80 bits per heavy atom. The molecule has 110 valence electrons. The Labute approximate surface area is 119 Å². The van der Waals surface area contributed by atoms with Crippen LogP contribution in [0.2, 0.25) is 0 Å². The monoisotopic (exact) mass is 279 g/mol. The second-order valence-electron chi connectivity index (χ2n) is 5.68. The summed E-state index contributed by atoms with van der Waals surface area (Å²) >= 11 is 0. The lowest BCUT2D eigenvalue weighted by Crippen LogP contribution is -2.44. The first kappa shape index (κ1) is 13.8. The van der Waals surface area contributed by atoms with Crippen LogP contribution in [0.5, 0.6) is 0 Å². The normalized spacial score (nSPS) is 25.1. The topological polar surface area (TPSA) is 41.7 Å². The number of nitrogens with two attached hydrogens (primary N) is 1. The van der Waals surface area contributed by atoms with E-state index >= 15 is 0 Å². The molecule has 0 bridgehead atoms. The van der Waals surface area contributed by atoms with Gasteiger partial charge in [0.2, 0.25) is 0 Å². The van der Waals surface area contributed by atoms with Crippen LogP contribution in [0, 0.1) is 5.82 Å². The first-order chi connectivity index (χ1) is 9.72. The Morgan fingerprint density at radius 2 is 2.05 bits per heavy atom. The van der Waals surface area contributed by atoms with Crippen LogP contribution in [0.25, 0.3) is 0 Å². The number of ether oxygens (including phenoxy) is 1. The molecule has 20 heavy (non-hydrogen) atoms. The standard InChI is InChI=1S/C15H22FN3O/c16-15-9-13(17)2-1-12(15)10-18-4-3-14(11-18)19-5-7-20-8-6-19/h1-2,9,14H,3-8,10-11,17H2. The number of rotatable bonds is 3. The average molecular weight is 279 g/mol. The summed E-state index contributed by atoms with van der Waals surface area (Å²) in [5.41, 5.74) is 6.81. The van der Waals surface area contributed by atoms with Crippen molar-refractivity contribution >= 4 is 5.69 Å². The van der Waals surface area contributed by atoms with Gasteiger partial charge in [0, 0.05) is 50.0 Å². The lowest BCUT2D eigenvalue weighted by Gasteiger charge is -2.32. The molecule has 2 aliphatic heterocycles. The smallest absolute Gasteiger partial charge is 0.129 e. The Balaban J connectivity index is 1.57. The first-order valence-electron chi connectivity index (χ1n) is 7.30. The molecular formula is C15H22FN3O. The van der Waals surface area contributed by atoms with E-state index < -0.39 is 0 Å². The van der Waals surface area contributed by atoms with Gasteiger partial charge in [0.15, 0.2) is 0 Å². The molecule has 0 spiro atoms. The molecular weight excluding hydrogens is 257 g/mol. The van der Waals surface area contributed by atoms with Crippen molar-refractivity contribution in [2.24, 2.45) is 0 Å². The summed E-state index contributed by atoms with van der Waals surface area (Å²) in [4.78, 5) is 4.83. The van der Waals surface area contributed by atoms with Gasteiger partial charge in [0.05, 0.1) is 13.2 Å². The third-order valence-corrected chi connectivity index (χ3v) is 4.28. The summed E-state index contributed by atoms with van der Waals surface area (Å²) in [6, 6.07) is 5.57. The Kier molecular flexibility index (Phi) is 4.19. The average Bonchev–Trinajstić information content (AvgIpc) is 2.92. The van der Waals surface area contributed by atoms with E-state index in [-0.39, 0.29) is 5.82 Å². The number of anilines is 1. The predicted molar refractivity (Wildman–Crippen MR) is 76.9 cm³/mol. The minimum absolute atomic E-state index is 0.195. The van der Waals surface area contributed by atoms with Gasteiger partial charge in [-0.2, -0.15) is 0 Å². The second kappa shape index (κ2) is 6.08. The van der Waals surface area contributed by atoms with Crippen molar-refractivity contribution in [2.75, 3.05) is 45.1 Å². The molecule has 1 aromatic rings. The maximum Gasteiger partial charge on any atom is 0.129 e. The summed E-state index contributed by atoms with van der Waals surface area (Å²) in [5.74, 6) is -0.195. The van der Waals surface area contributed by atoms with E-state index in [0.29, 0.717) is 18.3 Å². The summed E-state index contributed by atoms with van der Waals surface area (Å²) < 4.78 is 19.2. The predicted octanol–water partition coefficient (Wildman–Crippen LogP) is 1.31. The molecule has 4 nitrogen and oxygen atoms in total. The molecule has 2 aliphatic rings. The highest BCUT2D eigenvalue weighted by molar-refractivity contribution is 5.40. The Hall–Kier alpha value is -1.17. The van der Waals surface area contributed by atoms with E-state index in [9.17, 15) is 4.39 Å². The van der Waals surface area contributed by atoms with Crippen LogP contribution < -0.4 is 5.73 Å². The van der Waals surface area contributed by atoms with Crippen molar-refractivity contribution in [2.45, 2.75) is 19.0 Å². The van der Waals surface area contributed by atoms with Gasteiger partial charge < -0.3 is 10.5 Å². The van der Waals surface area contributed by atoms with Crippen LogP contribution in [-0.4, -0.2) is 55.2 Å². The minimum Gasteiger partial charge on any atom is -0.399 e. The fourth-order valence-corrected chi connectivity index (χ4v) is 3.13. The molecule has 2 heterocycles. The van der Waals surface area contributed by atoms with E-state index in [1.807, 2.05) is 0 Å². The van der Waals surface area contributed by atoms with E-state index in [1.165, 1.54) is 6.07 Å². The van der Waals surface area contributed by atoms with Crippen LogP contribution in [0.3, 0.4) is 0 Å². The number of morpholine rings is 1. The molecule has 1 atom stereocenters. The fraction of sp³-hybridized carbons (Fsp3) is 0.600. The second-order valence-corrected chi connectivity index (χ2v) is 5.68. The van der Waals surface area contributed by atoms with Crippen LogP contribution in [-0.2, 0) is 11.3 Å². The molecule has 0 aromatic heterocycles. The van der Waals surface area contributed by atoms with Gasteiger partial charge in [-0.3, -0.25) is 9.80 Å². The summed E-state index contributed by atoms with van der Waals surface area (Å²) in [6.07, 6.45) is 1.16. The number of nitrogens with zero attached hydrogens (tertiary/aromatic N) is 2. The maximum absolute atomic E-state index is 13.8. The molecule has 0 aliphatic carbocycles. The maximum atomic E-state index is 13.8. The van der Waals surface area contributed by atoms with E-state index in [4.69, 9.17) is 10.5 Å². The quantitative estimate of drug-likeness (QED) is 0.847. The molecule has 0 amide bonds. The van der Waals surface area contributed by atoms with Crippen LogP contribution in [0.4, 0.5) is 10.1 Å².